The van der Waals surface area contributed by atoms with Gasteiger partial charge in [0.05, 0.1) is 22.6 Å². The first-order chi connectivity index (χ1) is 26.7. The monoisotopic (exact) mass is 822 g/mol. The summed E-state index contributed by atoms with van der Waals surface area (Å²) >= 11 is 0. The van der Waals surface area contributed by atoms with Crippen LogP contribution in [-0.4, -0.2) is 94.2 Å². The summed E-state index contributed by atoms with van der Waals surface area (Å²) in [4.78, 5) is 70.2. The van der Waals surface area contributed by atoms with Gasteiger partial charge in [-0.2, -0.15) is 13.2 Å². The SMILES string of the molecule is CCn1nc(O[C@@H]2C[C@H]3C(=O)N[C@]4(C(=O)NS(=O)(=O)C5CC5)C[C@H]4/C=C\CC[C@H](C)C[C@@H](C)[C@H](NC(=O)OC(C)(C)C(F)(F)F)C(=O)N3C2)c2ccccc2c1=O. The van der Waals surface area contributed by atoms with Crippen molar-refractivity contribution >= 4 is 44.6 Å². The first kappa shape index (κ1) is 41.9. The number of hydrogen-bond donors (Lipinski definition) is 3. The highest BCUT2D eigenvalue weighted by Crippen LogP contribution is 2.46. The van der Waals surface area contributed by atoms with Crippen LogP contribution in [0.1, 0.15) is 79.6 Å². The van der Waals surface area contributed by atoms with Crippen molar-refractivity contribution in [2.75, 3.05) is 6.54 Å². The van der Waals surface area contributed by atoms with Crippen LogP contribution >= 0.6 is 0 Å². The molecule has 1 saturated heterocycles. The second kappa shape index (κ2) is 15.6. The number of rotatable bonds is 8. The van der Waals surface area contributed by atoms with Gasteiger partial charge in [-0.15, -0.1) is 5.10 Å². The molecule has 2 aliphatic carbocycles. The molecule has 57 heavy (non-hydrogen) atoms. The number of fused-ring (bicyclic) bond motifs is 3. The van der Waals surface area contributed by atoms with E-state index < -0.39 is 86.4 Å². The van der Waals surface area contributed by atoms with Crippen molar-refractivity contribution in [1.29, 1.82) is 0 Å². The summed E-state index contributed by atoms with van der Waals surface area (Å²) in [5.41, 5.74) is -4.90. The molecule has 7 atom stereocenters. The van der Waals surface area contributed by atoms with Gasteiger partial charge < -0.3 is 25.0 Å². The smallest absolute Gasteiger partial charge is 0.427 e. The molecule has 3 fully saturated rings. The van der Waals surface area contributed by atoms with Gasteiger partial charge in [0.15, 0.2) is 0 Å². The highest BCUT2D eigenvalue weighted by Gasteiger charge is 2.62. The fourth-order valence-electron chi connectivity index (χ4n) is 7.61. The summed E-state index contributed by atoms with van der Waals surface area (Å²) in [6.45, 7) is 6.62. The molecule has 1 aromatic heterocycles. The lowest BCUT2D eigenvalue weighted by atomic mass is 9.88. The van der Waals surface area contributed by atoms with Crippen LogP contribution in [0.15, 0.2) is 41.2 Å². The van der Waals surface area contributed by atoms with Crippen molar-refractivity contribution in [3.05, 3.63) is 46.8 Å². The first-order valence-corrected chi connectivity index (χ1v) is 20.8. The lowest BCUT2D eigenvalue weighted by molar-refractivity contribution is -0.244. The molecule has 2 aliphatic heterocycles. The van der Waals surface area contributed by atoms with Crippen LogP contribution in [0.2, 0.25) is 0 Å². The molecule has 0 bridgehead atoms. The van der Waals surface area contributed by atoms with E-state index in [1.54, 1.807) is 44.2 Å². The Balaban J connectivity index is 1.37. The molecule has 312 valence electrons. The number of aromatic nitrogens is 2. The molecule has 1 aromatic carbocycles. The molecule has 15 nitrogen and oxygen atoms in total. The molecule has 2 aromatic rings. The summed E-state index contributed by atoms with van der Waals surface area (Å²) in [5.74, 6) is -3.74. The Bertz CT molecular complexity index is 2120. The van der Waals surface area contributed by atoms with Crippen molar-refractivity contribution in [3.63, 3.8) is 0 Å². The van der Waals surface area contributed by atoms with Gasteiger partial charge in [-0.25, -0.2) is 17.9 Å². The number of sulfonamides is 1. The van der Waals surface area contributed by atoms with Gasteiger partial charge in [-0.3, -0.25) is 23.9 Å². The largest absolute Gasteiger partial charge is 0.471 e. The standard InChI is InChI=1S/C38H49F3N6O9S/c1-6-47-32(49)27-14-10-9-13-26(27)31(44-47)55-24-18-28-30(48)43-37(34(51)45-57(53,54)25-15-16-25)19-23(37)12-8-7-11-21(2)17-22(3)29(33(50)46(28)20-24)42-35(52)56-36(4,5)38(39,40)41/h8-10,12-14,21-25,28-29H,6-7,11,15-20H2,1-5H3,(H,42,52)(H,43,48)(H,45,51)/b12-8-/t21-,22+,23+,24+,28-,29-,37+/m0/s1. The van der Waals surface area contributed by atoms with Gasteiger partial charge in [-0.1, -0.05) is 38.1 Å². The highest BCUT2D eigenvalue weighted by molar-refractivity contribution is 7.91. The average molecular weight is 823 g/mol. The third-order valence-electron chi connectivity index (χ3n) is 11.3. The predicted molar refractivity (Wildman–Crippen MR) is 200 cm³/mol. The lowest BCUT2D eigenvalue weighted by Crippen LogP contribution is -2.59. The summed E-state index contributed by atoms with van der Waals surface area (Å²) in [5, 5.41) is 9.50. The van der Waals surface area contributed by atoms with E-state index in [0.717, 1.165) is 4.90 Å². The van der Waals surface area contributed by atoms with Crippen molar-refractivity contribution < 1.29 is 50.2 Å². The molecule has 3 heterocycles. The number of carbonyl (C=O) groups is 4. The van der Waals surface area contributed by atoms with E-state index in [2.05, 4.69) is 20.5 Å². The van der Waals surface area contributed by atoms with Crippen molar-refractivity contribution in [2.45, 2.75) is 127 Å². The number of hydrogen-bond acceptors (Lipinski definition) is 10. The fourth-order valence-corrected chi connectivity index (χ4v) is 8.97. The van der Waals surface area contributed by atoms with E-state index in [9.17, 15) is 45.6 Å². The van der Waals surface area contributed by atoms with Crippen LogP contribution in [0.5, 0.6) is 5.88 Å². The second-order valence-electron chi connectivity index (χ2n) is 16.2. The maximum atomic E-state index is 14.7. The summed E-state index contributed by atoms with van der Waals surface area (Å²) < 4.78 is 81.4. The summed E-state index contributed by atoms with van der Waals surface area (Å²) in [6.07, 6.45) is -1.53. The summed E-state index contributed by atoms with van der Waals surface area (Å²) in [6, 6.07) is 3.80. The quantitative estimate of drug-likeness (QED) is 0.331. The Kier molecular flexibility index (Phi) is 11.5. The molecule has 0 spiro atoms. The zero-order valence-corrected chi connectivity index (χ0v) is 33.2. The predicted octanol–water partition coefficient (Wildman–Crippen LogP) is 3.70. The average Bonchev–Trinajstić information content (AvgIpc) is 4.06. The van der Waals surface area contributed by atoms with Gasteiger partial charge in [0.2, 0.25) is 33.3 Å². The van der Waals surface area contributed by atoms with Crippen LogP contribution in [0.4, 0.5) is 18.0 Å². The fraction of sp³-hybridized carbons (Fsp3) is 0.632. The molecular weight excluding hydrogens is 774 g/mol. The van der Waals surface area contributed by atoms with E-state index >= 15 is 0 Å². The number of aryl methyl sites for hydroxylation is 1. The van der Waals surface area contributed by atoms with Crippen LogP contribution in [-0.2, 0) is 35.7 Å². The molecule has 4 amide bonds. The maximum Gasteiger partial charge on any atom is 0.427 e. The zero-order chi connectivity index (χ0) is 41.7. The van der Waals surface area contributed by atoms with Crippen LogP contribution in [0.3, 0.4) is 0 Å². The maximum absolute atomic E-state index is 14.7. The minimum atomic E-state index is -4.92. The number of nitrogens with one attached hydrogen (secondary N) is 3. The molecule has 19 heteroatoms. The van der Waals surface area contributed by atoms with E-state index in [4.69, 9.17) is 9.47 Å². The van der Waals surface area contributed by atoms with Crippen molar-refractivity contribution in [3.8, 4) is 5.88 Å². The Morgan fingerprint density at radius 2 is 1.74 bits per heavy atom. The topological polar surface area (TPSA) is 195 Å². The van der Waals surface area contributed by atoms with E-state index in [0.29, 0.717) is 56.7 Å². The van der Waals surface area contributed by atoms with Crippen LogP contribution < -0.4 is 25.7 Å². The van der Waals surface area contributed by atoms with E-state index in [1.807, 2.05) is 13.0 Å². The first-order valence-electron chi connectivity index (χ1n) is 19.3. The summed E-state index contributed by atoms with van der Waals surface area (Å²) in [7, 11) is -3.99. The molecule has 6 rings (SSSR count). The van der Waals surface area contributed by atoms with Gasteiger partial charge in [0, 0.05) is 18.9 Å². The Labute approximate surface area is 328 Å². The minimum absolute atomic E-state index is 0.0516. The molecule has 4 aliphatic rings. The number of nitrogens with zero attached hydrogens (tertiary/aromatic N) is 3. The van der Waals surface area contributed by atoms with Gasteiger partial charge in [-0.05, 0) is 83.3 Å². The van der Waals surface area contributed by atoms with Crippen LogP contribution in [0.25, 0.3) is 10.8 Å². The molecule has 3 N–H and O–H groups in total. The van der Waals surface area contributed by atoms with Gasteiger partial charge in [0.1, 0.15) is 23.7 Å². The number of allylic oxidation sites excluding steroid dienone is 1. The molecule has 0 unspecified atom stereocenters. The number of halogens is 3. The number of ether oxygens (including phenoxy) is 2. The Morgan fingerprint density at radius 3 is 2.39 bits per heavy atom. The van der Waals surface area contributed by atoms with Crippen LogP contribution in [0, 0.1) is 17.8 Å². The van der Waals surface area contributed by atoms with Gasteiger partial charge in [0.25, 0.3) is 11.5 Å². The number of alkyl carbamates (subject to hydrolysis) is 1. The Morgan fingerprint density at radius 1 is 1.05 bits per heavy atom. The normalized spacial score (nSPS) is 29.2. The second-order valence-corrected chi connectivity index (χ2v) is 18.2. The molecular formula is C38H49F3N6O9S. The van der Waals surface area contributed by atoms with Crippen molar-refractivity contribution in [2.24, 2.45) is 17.8 Å². The zero-order valence-electron chi connectivity index (χ0n) is 32.4. The number of carbonyl (C=O) groups excluding carboxylic acids is 4. The van der Waals surface area contributed by atoms with E-state index in [-0.39, 0.29) is 43.3 Å². The van der Waals surface area contributed by atoms with Gasteiger partial charge >= 0.3 is 12.3 Å². The number of amides is 4. The minimum Gasteiger partial charge on any atom is -0.471 e. The third-order valence-corrected chi connectivity index (χ3v) is 13.2. The van der Waals surface area contributed by atoms with E-state index in [1.165, 1.54) is 4.68 Å². The highest BCUT2D eigenvalue weighted by atomic mass is 32.2. The Hall–Kier alpha value is -4.68. The third kappa shape index (κ3) is 8.77. The van der Waals surface area contributed by atoms with Crippen molar-refractivity contribution in [1.82, 2.24) is 30.0 Å². The lowest BCUT2D eigenvalue weighted by Gasteiger charge is -2.34. The molecule has 2 saturated carbocycles. The molecule has 0 radical (unpaired) electrons. The number of benzene rings is 1. The number of alkyl halides is 3.